The van der Waals surface area contributed by atoms with E-state index in [-0.39, 0.29) is 22.3 Å². The Kier molecular flexibility index (Phi) is 4.11. The zero-order valence-corrected chi connectivity index (χ0v) is 15.7. The number of alkyl halides is 3. The molecule has 0 amide bonds. The summed E-state index contributed by atoms with van der Waals surface area (Å²) < 4.78 is 46.1. The summed E-state index contributed by atoms with van der Waals surface area (Å²) in [4.78, 5) is 27.6. The lowest BCUT2D eigenvalue weighted by Crippen LogP contribution is -2.15. The highest BCUT2D eigenvalue weighted by Crippen LogP contribution is 2.32. The number of H-pyrrole nitrogens is 1. The maximum Gasteiger partial charge on any atom is 0.416 e. The molecule has 154 valence electrons. The fourth-order valence-corrected chi connectivity index (χ4v) is 3.67. The van der Waals surface area contributed by atoms with Gasteiger partial charge in [0.2, 0.25) is 0 Å². The summed E-state index contributed by atoms with van der Waals surface area (Å²) in [5, 5.41) is 0.423. The number of aromatic nitrogens is 2. The molecule has 3 aromatic carbocycles. The molecule has 0 radical (unpaired) electrons. The first kappa shape index (κ1) is 18.9. The number of halogens is 3. The number of benzene rings is 3. The molecule has 5 aromatic rings. The molecule has 0 atom stereocenters. The summed E-state index contributed by atoms with van der Waals surface area (Å²) >= 11 is 0. The van der Waals surface area contributed by atoms with Crippen LogP contribution in [0.3, 0.4) is 0 Å². The molecule has 0 aliphatic carbocycles. The predicted octanol–water partition coefficient (Wildman–Crippen LogP) is 5.11. The van der Waals surface area contributed by atoms with Crippen LogP contribution in [-0.2, 0) is 6.18 Å². The van der Waals surface area contributed by atoms with Crippen LogP contribution in [0.2, 0.25) is 0 Å². The summed E-state index contributed by atoms with van der Waals surface area (Å²) in [6.07, 6.45) is -4.58. The van der Waals surface area contributed by atoms with E-state index in [4.69, 9.17) is 4.42 Å². The van der Waals surface area contributed by atoms with Crippen molar-refractivity contribution in [3.8, 4) is 16.8 Å². The highest BCUT2D eigenvalue weighted by atomic mass is 19.4. The zero-order valence-electron chi connectivity index (χ0n) is 15.7. The molecule has 0 saturated heterocycles. The molecule has 2 aromatic heterocycles. The van der Waals surface area contributed by atoms with Gasteiger partial charge in [0.1, 0.15) is 5.58 Å². The summed E-state index contributed by atoms with van der Waals surface area (Å²) in [6, 6.07) is 18.9. The average Bonchev–Trinajstić information content (AvgIpc) is 3.12. The van der Waals surface area contributed by atoms with Crippen LogP contribution in [0, 0.1) is 0 Å². The third-order valence-corrected chi connectivity index (χ3v) is 5.08. The summed E-state index contributed by atoms with van der Waals surface area (Å²) in [6.45, 7) is 0. The highest BCUT2D eigenvalue weighted by molar-refractivity contribution is 6.03. The minimum atomic E-state index is -4.58. The van der Waals surface area contributed by atoms with Crippen LogP contribution in [-0.4, -0.2) is 9.55 Å². The van der Waals surface area contributed by atoms with Crippen molar-refractivity contribution in [2.24, 2.45) is 0 Å². The van der Waals surface area contributed by atoms with Crippen LogP contribution in [0.1, 0.15) is 5.56 Å². The van der Waals surface area contributed by atoms with Crippen molar-refractivity contribution in [3.05, 3.63) is 99.3 Å². The summed E-state index contributed by atoms with van der Waals surface area (Å²) in [5.74, 6) is 0. The first-order valence-corrected chi connectivity index (χ1v) is 9.27. The van der Waals surface area contributed by atoms with Gasteiger partial charge in [0.15, 0.2) is 5.52 Å². The number of imidazole rings is 1. The largest absolute Gasteiger partial charge is 0.421 e. The Bertz CT molecular complexity index is 1560. The van der Waals surface area contributed by atoms with Gasteiger partial charge in [0.25, 0.3) is 0 Å². The molecule has 1 N–H and O–H groups in total. The first-order valence-electron chi connectivity index (χ1n) is 9.27. The van der Waals surface area contributed by atoms with E-state index in [1.165, 1.54) is 12.1 Å². The molecule has 0 unspecified atom stereocenters. The zero-order chi connectivity index (χ0) is 21.8. The Morgan fingerprint density at radius 2 is 1.61 bits per heavy atom. The Morgan fingerprint density at radius 1 is 0.839 bits per heavy atom. The molecule has 0 aliphatic rings. The average molecular weight is 422 g/mol. The second-order valence-corrected chi connectivity index (χ2v) is 7.00. The van der Waals surface area contributed by atoms with Gasteiger partial charge in [-0.15, -0.1) is 0 Å². The number of aromatic amines is 1. The van der Waals surface area contributed by atoms with E-state index in [2.05, 4.69) is 4.98 Å². The molecule has 0 bridgehead atoms. The molecule has 5 rings (SSSR count). The van der Waals surface area contributed by atoms with Gasteiger partial charge in [-0.2, -0.15) is 13.2 Å². The molecule has 0 saturated carbocycles. The second-order valence-electron chi connectivity index (χ2n) is 7.00. The predicted molar refractivity (Wildman–Crippen MR) is 110 cm³/mol. The molecule has 0 fully saturated rings. The van der Waals surface area contributed by atoms with Crippen molar-refractivity contribution >= 4 is 22.0 Å². The smallest absolute Gasteiger partial charge is 0.416 e. The Morgan fingerprint density at radius 3 is 2.35 bits per heavy atom. The van der Waals surface area contributed by atoms with E-state index in [9.17, 15) is 22.8 Å². The van der Waals surface area contributed by atoms with E-state index in [1.54, 1.807) is 18.2 Å². The van der Waals surface area contributed by atoms with Gasteiger partial charge >= 0.3 is 17.5 Å². The SMILES string of the molecule is O=c1oc2ccc(-c3ccccc3)cc2c2c1[nH]c(=O)n2-c1cccc(C(F)(F)F)c1. The topological polar surface area (TPSA) is 68.0 Å². The van der Waals surface area contributed by atoms with Crippen LogP contribution in [0.25, 0.3) is 38.8 Å². The van der Waals surface area contributed by atoms with Crippen molar-refractivity contribution in [2.45, 2.75) is 6.18 Å². The molecular weight excluding hydrogens is 409 g/mol. The van der Waals surface area contributed by atoms with Crippen LogP contribution in [0.15, 0.2) is 86.8 Å². The minimum Gasteiger partial charge on any atom is -0.421 e. The number of hydrogen-bond donors (Lipinski definition) is 1. The lowest BCUT2D eigenvalue weighted by molar-refractivity contribution is -0.137. The van der Waals surface area contributed by atoms with Crippen molar-refractivity contribution < 1.29 is 17.6 Å². The van der Waals surface area contributed by atoms with Crippen LogP contribution >= 0.6 is 0 Å². The fourth-order valence-electron chi connectivity index (χ4n) is 3.67. The minimum absolute atomic E-state index is 0.0110. The molecule has 5 nitrogen and oxygen atoms in total. The second kappa shape index (κ2) is 6.73. The third kappa shape index (κ3) is 3.13. The Balaban J connectivity index is 1.87. The summed E-state index contributed by atoms with van der Waals surface area (Å²) in [5.41, 5.74) is -0.464. The van der Waals surface area contributed by atoms with Crippen molar-refractivity contribution in [2.75, 3.05) is 0 Å². The maximum atomic E-state index is 13.2. The van der Waals surface area contributed by atoms with Gasteiger partial charge in [-0.05, 0) is 41.5 Å². The van der Waals surface area contributed by atoms with Crippen molar-refractivity contribution in [1.29, 1.82) is 0 Å². The number of nitrogens with one attached hydrogen (secondary N) is 1. The maximum absolute atomic E-state index is 13.2. The molecule has 0 spiro atoms. The van der Waals surface area contributed by atoms with Gasteiger partial charge in [0.05, 0.1) is 16.8 Å². The van der Waals surface area contributed by atoms with Crippen LogP contribution < -0.4 is 11.3 Å². The van der Waals surface area contributed by atoms with E-state index in [0.717, 1.165) is 27.8 Å². The van der Waals surface area contributed by atoms with Crippen LogP contribution in [0.4, 0.5) is 13.2 Å². The van der Waals surface area contributed by atoms with Crippen molar-refractivity contribution in [3.63, 3.8) is 0 Å². The number of nitrogens with zero attached hydrogens (tertiary/aromatic N) is 1. The molecule has 0 aliphatic heterocycles. The Hall–Kier alpha value is -4.07. The molecule has 31 heavy (non-hydrogen) atoms. The molecular formula is C23H13F3N2O3. The highest BCUT2D eigenvalue weighted by Gasteiger charge is 2.31. The van der Waals surface area contributed by atoms with E-state index < -0.39 is 23.1 Å². The van der Waals surface area contributed by atoms with E-state index in [0.29, 0.717) is 5.39 Å². The van der Waals surface area contributed by atoms with Gasteiger partial charge in [-0.1, -0.05) is 42.5 Å². The van der Waals surface area contributed by atoms with Gasteiger partial charge in [-0.25, -0.2) is 9.59 Å². The van der Waals surface area contributed by atoms with E-state index >= 15 is 0 Å². The fraction of sp³-hybridized carbons (Fsp3) is 0.0435. The van der Waals surface area contributed by atoms with Crippen molar-refractivity contribution in [1.82, 2.24) is 9.55 Å². The monoisotopic (exact) mass is 422 g/mol. The van der Waals surface area contributed by atoms with E-state index in [1.807, 2.05) is 30.3 Å². The first-order chi connectivity index (χ1) is 14.8. The number of fused-ring (bicyclic) bond motifs is 3. The quantitative estimate of drug-likeness (QED) is 0.402. The normalized spacial score (nSPS) is 12.0. The standard InChI is InChI=1S/C23H13F3N2O3/c24-23(25,26)15-7-4-8-16(12-15)28-20-17-11-14(13-5-2-1-3-6-13)9-10-18(17)31-21(29)19(20)27-22(28)30/h1-12H,(H,27,30). The van der Waals surface area contributed by atoms with Crippen LogP contribution in [0.5, 0.6) is 0 Å². The van der Waals surface area contributed by atoms with Gasteiger partial charge in [-0.3, -0.25) is 9.55 Å². The lowest BCUT2D eigenvalue weighted by Gasteiger charge is -2.10. The molecule has 8 heteroatoms. The number of hydrogen-bond acceptors (Lipinski definition) is 3. The lowest BCUT2D eigenvalue weighted by atomic mass is 10.0. The third-order valence-electron chi connectivity index (χ3n) is 5.08. The summed E-state index contributed by atoms with van der Waals surface area (Å²) in [7, 11) is 0. The Labute approximate surface area is 172 Å². The van der Waals surface area contributed by atoms with Gasteiger partial charge in [0, 0.05) is 5.39 Å². The number of rotatable bonds is 2. The molecule has 2 heterocycles. The van der Waals surface area contributed by atoms with Gasteiger partial charge < -0.3 is 4.42 Å².